The second-order valence-electron chi connectivity index (χ2n) is 13.1. The molecule has 0 saturated carbocycles. The fourth-order valence-electron chi connectivity index (χ4n) is 5.91. The highest BCUT2D eigenvalue weighted by Gasteiger charge is 2.18. The van der Waals surface area contributed by atoms with E-state index >= 15 is 0 Å². The second-order valence-corrected chi connectivity index (χ2v) is 13.1. The summed E-state index contributed by atoms with van der Waals surface area (Å²) in [5.41, 5.74) is 7.59. The van der Waals surface area contributed by atoms with Crippen LogP contribution in [0.3, 0.4) is 0 Å². The van der Waals surface area contributed by atoms with Gasteiger partial charge in [-0.05, 0) is 84.8 Å². The van der Waals surface area contributed by atoms with Gasteiger partial charge in [0, 0.05) is 11.8 Å². The van der Waals surface area contributed by atoms with E-state index in [1.807, 2.05) is 0 Å². The lowest BCUT2D eigenvalue weighted by molar-refractivity contribution is 0.131. The Morgan fingerprint density at radius 2 is 0.729 bits per heavy atom. The molecule has 6 aromatic carbocycles. The minimum atomic E-state index is -0.181. The molecule has 6 rings (SSSR count). The number of unbranched alkanes of at least 4 members (excludes halogenated alkanes) is 1. The van der Waals surface area contributed by atoms with Crippen molar-refractivity contribution < 1.29 is 9.47 Å². The second kappa shape index (κ2) is 17.2. The molecule has 0 N–H and O–H groups in total. The van der Waals surface area contributed by atoms with Crippen molar-refractivity contribution in [1.82, 2.24) is 0 Å². The molecule has 0 aliphatic carbocycles. The first kappa shape index (κ1) is 34.3. The van der Waals surface area contributed by atoms with Crippen molar-refractivity contribution in [3.63, 3.8) is 0 Å². The van der Waals surface area contributed by atoms with Crippen molar-refractivity contribution in [2.75, 3.05) is 6.61 Å². The molecule has 0 unspecified atom stereocenters. The number of rotatable bonds is 11. The van der Waals surface area contributed by atoms with Gasteiger partial charge in [0.05, 0.1) is 6.61 Å². The SMILES string of the molecule is CC(C)(C)Oc1ccc(C(c2ccccc2)c2ccccc2)cc1.CCCCOc1ccc(C(c2ccccc2)c2ccccc2)cc1. The molecule has 48 heavy (non-hydrogen) atoms. The van der Waals surface area contributed by atoms with E-state index in [0.717, 1.165) is 30.9 Å². The average Bonchev–Trinajstić information content (AvgIpc) is 3.12. The lowest BCUT2D eigenvalue weighted by Gasteiger charge is -2.23. The molecular formula is C46H48O2. The standard InChI is InChI=1S/2C23H24O/c1-23(2,3)24-21-16-14-20(15-17-21)22(18-10-6-4-7-11-18)19-12-8-5-9-13-19;1-2-3-18-24-22-16-14-21(15-17-22)23(19-10-6-4-7-11-19)20-12-8-5-9-13-20/h4-17,22H,1-3H3;4-17,23H,2-3,18H2,1H3. The largest absolute Gasteiger partial charge is 0.494 e. The van der Waals surface area contributed by atoms with Crippen LogP contribution in [0.25, 0.3) is 0 Å². The third-order valence-corrected chi connectivity index (χ3v) is 8.15. The van der Waals surface area contributed by atoms with E-state index in [1.165, 1.54) is 33.4 Å². The molecule has 244 valence electrons. The van der Waals surface area contributed by atoms with Crippen molar-refractivity contribution in [3.05, 3.63) is 203 Å². The first-order chi connectivity index (χ1) is 23.4. The highest BCUT2D eigenvalue weighted by molar-refractivity contribution is 5.46. The van der Waals surface area contributed by atoms with Crippen molar-refractivity contribution in [1.29, 1.82) is 0 Å². The van der Waals surface area contributed by atoms with Gasteiger partial charge >= 0.3 is 0 Å². The Morgan fingerprint density at radius 1 is 0.417 bits per heavy atom. The van der Waals surface area contributed by atoms with Crippen LogP contribution in [-0.2, 0) is 0 Å². The van der Waals surface area contributed by atoms with Gasteiger partial charge in [-0.2, -0.15) is 0 Å². The number of ether oxygens (including phenoxy) is 2. The van der Waals surface area contributed by atoms with Crippen molar-refractivity contribution in [2.24, 2.45) is 0 Å². The van der Waals surface area contributed by atoms with E-state index in [0.29, 0.717) is 0 Å². The van der Waals surface area contributed by atoms with Crippen molar-refractivity contribution in [3.8, 4) is 11.5 Å². The van der Waals surface area contributed by atoms with Crippen molar-refractivity contribution in [2.45, 2.75) is 58.0 Å². The lowest BCUT2D eigenvalue weighted by atomic mass is 9.85. The summed E-state index contributed by atoms with van der Waals surface area (Å²) >= 11 is 0. The molecule has 0 spiro atoms. The highest BCUT2D eigenvalue weighted by Crippen LogP contribution is 2.34. The molecule has 0 atom stereocenters. The quantitative estimate of drug-likeness (QED) is 0.104. The van der Waals surface area contributed by atoms with Gasteiger partial charge in [-0.25, -0.2) is 0 Å². The zero-order valence-electron chi connectivity index (χ0n) is 28.8. The summed E-state index contributed by atoms with van der Waals surface area (Å²) < 4.78 is 11.7. The van der Waals surface area contributed by atoms with Crippen LogP contribution in [0.5, 0.6) is 11.5 Å². The molecule has 2 nitrogen and oxygen atoms in total. The van der Waals surface area contributed by atoms with Crippen LogP contribution < -0.4 is 9.47 Å². The van der Waals surface area contributed by atoms with Gasteiger partial charge < -0.3 is 9.47 Å². The first-order valence-corrected chi connectivity index (χ1v) is 17.1. The van der Waals surface area contributed by atoms with Gasteiger partial charge in [-0.1, -0.05) is 159 Å². The molecular weight excluding hydrogens is 585 g/mol. The predicted molar refractivity (Wildman–Crippen MR) is 201 cm³/mol. The number of hydrogen-bond donors (Lipinski definition) is 0. The van der Waals surface area contributed by atoms with E-state index < -0.39 is 0 Å². The summed E-state index contributed by atoms with van der Waals surface area (Å²) in [6.45, 7) is 9.17. The topological polar surface area (TPSA) is 18.5 Å². The zero-order chi connectivity index (χ0) is 33.6. The fourth-order valence-corrected chi connectivity index (χ4v) is 5.91. The molecule has 0 aliphatic rings. The summed E-state index contributed by atoms with van der Waals surface area (Å²) in [5, 5.41) is 0. The average molecular weight is 633 g/mol. The molecule has 0 bridgehead atoms. The third kappa shape index (κ3) is 9.96. The first-order valence-electron chi connectivity index (χ1n) is 17.1. The Kier molecular flexibility index (Phi) is 12.3. The van der Waals surface area contributed by atoms with Gasteiger partial charge in [-0.3, -0.25) is 0 Å². The summed E-state index contributed by atoms with van der Waals surface area (Å²) in [6.07, 6.45) is 2.25. The summed E-state index contributed by atoms with van der Waals surface area (Å²) in [6, 6.07) is 59.7. The number of benzene rings is 6. The van der Waals surface area contributed by atoms with Gasteiger partial charge in [0.25, 0.3) is 0 Å². The fraction of sp³-hybridized carbons (Fsp3) is 0.217. The minimum Gasteiger partial charge on any atom is -0.494 e. The van der Waals surface area contributed by atoms with Gasteiger partial charge in [0.2, 0.25) is 0 Å². The molecule has 0 aromatic heterocycles. The van der Waals surface area contributed by atoms with E-state index in [1.54, 1.807) is 0 Å². The van der Waals surface area contributed by atoms with E-state index in [4.69, 9.17) is 9.47 Å². The maximum absolute atomic E-state index is 5.95. The molecule has 0 radical (unpaired) electrons. The Labute approximate surface area is 288 Å². The Balaban J connectivity index is 0.000000188. The predicted octanol–water partition coefficient (Wildman–Crippen LogP) is 12.1. The van der Waals surface area contributed by atoms with Crippen LogP contribution in [0.4, 0.5) is 0 Å². The molecule has 6 aromatic rings. The Morgan fingerprint density at radius 3 is 1.04 bits per heavy atom. The van der Waals surface area contributed by atoms with Crippen LogP contribution in [0.15, 0.2) is 170 Å². The third-order valence-electron chi connectivity index (χ3n) is 8.15. The van der Waals surface area contributed by atoms with E-state index in [2.05, 4.69) is 198 Å². The monoisotopic (exact) mass is 632 g/mol. The van der Waals surface area contributed by atoms with Crippen LogP contribution in [0.1, 0.15) is 85.8 Å². The van der Waals surface area contributed by atoms with Gasteiger partial charge in [0.1, 0.15) is 17.1 Å². The highest BCUT2D eigenvalue weighted by atomic mass is 16.5. The van der Waals surface area contributed by atoms with Crippen LogP contribution in [0.2, 0.25) is 0 Å². The molecule has 0 aliphatic heterocycles. The minimum absolute atomic E-state index is 0.181. The summed E-state index contributed by atoms with van der Waals surface area (Å²) in [4.78, 5) is 0. The normalized spacial score (nSPS) is 11.1. The van der Waals surface area contributed by atoms with Crippen molar-refractivity contribution >= 4 is 0 Å². The smallest absolute Gasteiger partial charge is 0.120 e. The molecule has 0 amide bonds. The molecule has 0 heterocycles. The van der Waals surface area contributed by atoms with Crippen LogP contribution in [-0.4, -0.2) is 12.2 Å². The molecule has 0 fully saturated rings. The van der Waals surface area contributed by atoms with Crippen LogP contribution in [0, 0.1) is 0 Å². The maximum atomic E-state index is 5.95. The zero-order valence-corrected chi connectivity index (χ0v) is 28.8. The Hall–Kier alpha value is -5.08. The maximum Gasteiger partial charge on any atom is 0.120 e. The lowest BCUT2D eigenvalue weighted by Crippen LogP contribution is -2.22. The molecule has 2 heteroatoms. The van der Waals surface area contributed by atoms with E-state index in [9.17, 15) is 0 Å². The summed E-state index contributed by atoms with van der Waals surface area (Å²) in [5.74, 6) is 2.34. The number of hydrogen-bond acceptors (Lipinski definition) is 2. The van der Waals surface area contributed by atoms with E-state index in [-0.39, 0.29) is 17.4 Å². The molecule has 0 saturated heterocycles. The van der Waals surface area contributed by atoms with Gasteiger partial charge in [-0.15, -0.1) is 0 Å². The Bertz CT molecular complexity index is 1660. The summed E-state index contributed by atoms with van der Waals surface area (Å²) in [7, 11) is 0. The van der Waals surface area contributed by atoms with Crippen LogP contribution >= 0.6 is 0 Å². The van der Waals surface area contributed by atoms with Gasteiger partial charge in [0.15, 0.2) is 0 Å².